The van der Waals surface area contributed by atoms with Gasteiger partial charge in [0.1, 0.15) is 13.2 Å². The van der Waals surface area contributed by atoms with E-state index in [4.69, 9.17) is 14.2 Å². The van der Waals surface area contributed by atoms with Crippen molar-refractivity contribution in [3.8, 4) is 0 Å². The van der Waals surface area contributed by atoms with Crippen LogP contribution in [-0.2, 0) is 37.0 Å². The molecule has 1 saturated heterocycles. The van der Waals surface area contributed by atoms with E-state index in [2.05, 4.69) is 22.5 Å². The Labute approximate surface area is 252 Å². The molecule has 10 heteroatoms. The predicted octanol–water partition coefficient (Wildman–Crippen LogP) is 6.32. The quantitative estimate of drug-likeness (QED) is 0.154. The van der Waals surface area contributed by atoms with Crippen LogP contribution in [0.4, 0.5) is 9.59 Å². The maximum atomic E-state index is 13.8. The second kappa shape index (κ2) is 13.5. The predicted molar refractivity (Wildman–Crippen MR) is 159 cm³/mol. The van der Waals surface area contributed by atoms with Crippen molar-refractivity contribution >= 4 is 45.4 Å². The van der Waals surface area contributed by atoms with Gasteiger partial charge >= 0.3 is 18.2 Å². The number of nitrogens with zero attached hydrogens (tertiary/aromatic N) is 2. The third-order valence-corrected chi connectivity index (χ3v) is 7.47. The Balaban J connectivity index is 1.79. The number of carbonyl (C=O) groups excluding carboxylic acids is 4. The molecule has 2 amide bonds. The van der Waals surface area contributed by atoms with Gasteiger partial charge in [-0.1, -0.05) is 95.3 Å². The summed E-state index contributed by atoms with van der Waals surface area (Å²) < 4.78 is 17.3. The smallest absolute Gasteiger partial charge is 0.430 e. The second-order valence-electron chi connectivity index (χ2n) is 9.63. The van der Waals surface area contributed by atoms with E-state index in [1.807, 2.05) is 12.1 Å². The summed E-state index contributed by atoms with van der Waals surface area (Å²) in [5.41, 5.74) is 0.175. The van der Waals surface area contributed by atoms with Gasteiger partial charge in [0.25, 0.3) is 0 Å². The molecule has 0 N–H and O–H groups in total. The normalized spacial score (nSPS) is 17.8. The van der Waals surface area contributed by atoms with Crippen LogP contribution in [0, 0.1) is 0 Å². The minimum absolute atomic E-state index is 0.0580. The molecule has 9 nitrogen and oxygen atoms in total. The van der Waals surface area contributed by atoms with E-state index in [0.29, 0.717) is 22.3 Å². The number of ether oxygens (including phenoxy) is 3. The molecular formula is C32H31BrN2O7. The lowest BCUT2D eigenvalue weighted by molar-refractivity contribution is -0.165. The van der Waals surface area contributed by atoms with Gasteiger partial charge in [-0.2, -0.15) is 5.01 Å². The zero-order valence-corrected chi connectivity index (χ0v) is 24.9. The van der Waals surface area contributed by atoms with E-state index < -0.39 is 35.5 Å². The Morgan fingerprint density at radius 1 is 0.833 bits per heavy atom. The van der Waals surface area contributed by atoms with E-state index in [1.54, 1.807) is 79.7 Å². The number of rotatable bonds is 9. The molecule has 3 aromatic carbocycles. The molecule has 0 bridgehead atoms. The lowest BCUT2D eigenvalue weighted by Gasteiger charge is -2.37. The highest BCUT2D eigenvalue weighted by molar-refractivity contribution is 9.10. The van der Waals surface area contributed by atoms with Crippen LogP contribution in [0.5, 0.6) is 0 Å². The first-order valence-electron chi connectivity index (χ1n) is 13.3. The van der Waals surface area contributed by atoms with Gasteiger partial charge < -0.3 is 14.2 Å². The van der Waals surface area contributed by atoms with Gasteiger partial charge in [-0.15, -0.1) is 0 Å². The molecule has 3 aromatic rings. The third kappa shape index (κ3) is 6.38. The number of hydrogen-bond donors (Lipinski definition) is 0. The van der Waals surface area contributed by atoms with Crippen LogP contribution in [0.2, 0.25) is 0 Å². The molecule has 0 aliphatic carbocycles. The molecular weight excluding hydrogens is 604 g/mol. The topological polar surface area (TPSA) is 102 Å². The summed E-state index contributed by atoms with van der Waals surface area (Å²) in [6.07, 6.45) is -2.37. The maximum absolute atomic E-state index is 13.8. The largest absolute Gasteiger partial charge is 0.464 e. The van der Waals surface area contributed by atoms with Crippen LogP contribution in [0.1, 0.15) is 37.0 Å². The first-order valence-corrected chi connectivity index (χ1v) is 14.1. The minimum atomic E-state index is -2.21. The Morgan fingerprint density at radius 3 is 1.86 bits per heavy atom. The zero-order valence-electron chi connectivity index (χ0n) is 23.3. The Bertz CT molecular complexity index is 1450. The van der Waals surface area contributed by atoms with Gasteiger partial charge in [-0.3, -0.25) is 4.79 Å². The fourth-order valence-electron chi connectivity index (χ4n) is 4.78. The molecule has 42 heavy (non-hydrogen) atoms. The van der Waals surface area contributed by atoms with Gasteiger partial charge in [0.15, 0.2) is 5.78 Å². The fourth-order valence-corrected chi connectivity index (χ4v) is 5.04. The number of carbonyl (C=O) groups is 4. The number of hydrazine groups is 1. The van der Waals surface area contributed by atoms with E-state index >= 15 is 0 Å². The molecule has 0 radical (unpaired) electrons. The van der Waals surface area contributed by atoms with Crippen molar-refractivity contribution in [3.63, 3.8) is 0 Å². The molecule has 1 aliphatic heterocycles. The number of hydrogen-bond acceptors (Lipinski definition) is 7. The van der Waals surface area contributed by atoms with Crippen LogP contribution >= 0.6 is 15.9 Å². The van der Waals surface area contributed by atoms with E-state index in [0.717, 1.165) is 14.5 Å². The number of ketones is 1. The van der Waals surface area contributed by atoms with Crippen molar-refractivity contribution in [2.75, 3.05) is 6.61 Å². The summed E-state index contributed by atoms with van der Waals surface area (Å²) in [7, 11) is 0. The zero-order chi connectivity index (χ0) is 30.3. The third-order valence-electron chi connectivity index (χ3n) is 6.94. The van der Waals surface area contributed by atoms with Crippen molar-refractivity contribution in [1.29, 1.82) is 0 Å². The van der Waals surface area contributed by atoms with Gasteiger partial charge in [0, 0.05) is 10.9 Å². The molecule has 0 spiro atoms. The summed E-state index contributed by atoms with van der Waals surface area (Å²) >= 11 is 3.40. The van der Waals surface area contributed by atoms with E-state index in [1.165, 1.54) is 6.92 Å². The van der Waals surface area contributed by atoms with E-state index in [9.17, 15) is 19.2 Å². The molecule has 0 unspecified atom stereocenters. The molecule has 218 valence electrons. The average Bonchev–Trinajstić information content (AvgIpc) is 3.38. The number of halogens is 1. The first-order chi connectivity index (χ1) is 20.2. The fraction of sp³-hybridized carbons (Fsp3) is 0.250. The summed E-state index contributed by atoms with van der Waals surface area (Å²) in [4.78, 5) is 54.7. The standard InChI is InChI=1S/C32H31BrN2O7/c1-4-40-29(37)32(23(3)36)19-28(22(2)26-15-17-27(33)18-16-26)34(30(38)41-20-24-11-7-5-8-12-24)35(32)31(39)42-21-25-13-9-6-10-14-25/h5-18,28H,2,4,19-21H2,1,3H3/t28-,32-/m0/s1. The lowest BCUT2D eigenvalue weighted by atomic mass is 9.85. The highest BCUT2D eigenvalue weighted by Crippen LogP contribution is 2.42. The average molecular weight is 636 g/mol. The summed E-state index contributed by atoms with van der Waals surface area (Å²) in [5.74, 6) is -1.69. The van der Waals surface area contributed by atoms with Crippen molar-refractivity contribution in [1.82, 2.24) is 10.0 Å². The van der Waals surface area contributed by atoms with Crippen LogP contribution < -0.4 is 0 Å². The Morgan fingerprint density at radius 2 is 1.36 bits per heavy atom. The van der Waals surface area contributed by atoms with Crippen LogP contribution in [0.3, 0.4) is 0 Å². The van der Waals surface area contributed by atoms with Crippen molar-refractivity contribution in [2.45, 2.75) is 45.1 Å². The molecule has 0 aromatic heterocycles. The van der Waals surface area contributed by atoms with Gasteiger partial charge in [0.2, 0.25) is 5.54 Å². The van der Waals surface area contributed by atoms with Gasteiger partial charge in [-0.05, 0) is 48.2 Å². The highest BCUT2D eigenvalue weighted by Gasteiger charge is 2.65. The van der Waals surface area contributed by atoms with Crippen LogP contribution in [-0.4, -0.2) is 52.1 Å². The maximum Gasteiger partial charge on any atom is 0.430 e. The number of esters is 1. The van der Waals surface area contributed by atoms with Gasteiger partial charge in [0.05, 0.1) is 12.6 Å². The van der Waals surface area contributed by atoms with Crippen molar-refractivity contribution in [2.24, 2.45) is 0 Å². The van der Waals surface area contributed by atoms with Gasteiger partial charge in [-0.25, -0.2) is 19.4 Å². The summed E-state index contributed by atoms with van der Waals surface area (Å²) in [5, 5.41) is 1.71. The molecule has 1 aliphatic rings. The molecule has 1 fully saturated rings. The Kier molecular flexibility index (Phi) is 9.80. The Hall–Kier alpha value is -4.44. The van der Waals surface area contributed by atoms with E-state index in [-0.39, 0.29) is 26.2 Å². The first kappa shape index (κ1) is 30.5. The number of Topliss-reactive ketones (excluding diaryl/α,β-unsaturated/α-hetero) is 1. The SMILES string of the molecule is C=C(c1ccc(Br)cc1)[C@@H]1C[C@](C(C)=O)(C(=O)OCC)N(C(=O)OCc2ccccc2)N1C(=O)OCc1ccccc1. The van der Waals surface area contributed by atoms with Crippen molar-refractivity contribution in [3.05, 3.63) is 113 Å². The molecule has 2 atom stereocenters. The number of amides is 2. The lowest BCUT2D eigenvalue weighted by Crippen LogP contribution is -2.63. The summed E-state index contributed by atoms with van der Waals surface area (Å²) in [6.45, 7) is 6.61. The minimum Gasteiger partial charge on any atom is -0.464 e. The second-order valence-corrected chi connectivity index (χ2v) is 10.5. The molecule has 0 saturated carbocycles. The summed E-state index contributed by atoms with van der Waals surface area (Å²) in [6, 6.07) is 24.0. The molecule has 4 rings (SSSR count). The van der Waals surface area contributed by atoms with Crippen molar-refractivity contribution < 1.29 is 33.4 Å². The molecule has 1 heterocycles. The van der Waals surface area contributed by atoms with Crippen LogP contribution in [0.15, 0.2) is 96.0 Å². The van der Waals surface area contributed by atoms with Crippen LogP contribution in [0.25, 0.3) is 5.57 Å². The monoisotopic (exact) mass is 634 g/mol. The number of benzene rings is 3. The highest BCUT2D eigenvalue weighted by atomic mass is 79.9.